The second kappa shape index (κ2) is 4.13. The summed E-state index contributed by atoms with van der Waals surface area (Å²) in [4.78, 5) is 12.0. The molecule has 0 atom stereocenters. The van der Waals surface area contributed by atoms with Gasteiger partial charge in [0, 0.05) is 11.6 Å². The lowest BCUT2D eigenvalue weighted by Crippen LogP contribution is -2.25. The van der Waals surface area contributed by atoms with E-state index in [1.165, 1.54) is 0 Å². The SMILES string of the molecule is Cc1ccc2oc(=O)c3cc(NC(C)(C)C)oc3c2c1. The van der Waals surface area contributed by atoms with Crippen molar-refractivity contribution in [3.8, 4) is 0 Å². The number of rotatable bonds is 1. The first-order valence-corrected chi connectivity index (χ1v) is 6.59. The highest BCUT2D eigenvalue weighted by atomic mass is 16.4. The number of hydrogen-bond acceptors (Lipinski definition) is 4. The van der Waals surface area contributed by atoms with Crippen LogP contribution in [0.1, 0.15) is 26.3 Å². The van der Waals surface area contributed by atoms with Crippen LogP contribution in [-0.2, 0) is 0 Å². The quantitative estimate of drug-likeness (QED) is 0.678. The molecule has 0 amide bonds. The van der Waals surface area contributed by atoms with Crippen molar-refractivity contribution in [1.29, 1.82) is 0 Å². The van der Waals surface area contributed by atoms with Crippen molar-refractivity contribution in [2.24, 2.45) is 0 Å². The van der Waals surface area contributed by atoms with E-state index in [4.69, 9.17) is 8.83 Å². The Hall–Kier alpha value is -2.23. The van der Waals surface area contributed by atoms with E-state index in [0.717, 1.165) is 10.9 Å². The first-order valence-electron chi connectivity index (χ1n) is 6.59. The van der Waals surface area contributed by atoms with Crippen LogP contribution in [0.15, 0.2) is 37.9 Å². The fourth-order valence-electron chi connectivity index (χ4n) is 2.24. The van der Waals surface area contributed by atoms with Crippen LogP contribution in [0.2, 0.25) is 0 Å². The van der Waals surface area contributed by atoms with Gasteiger partial charge in [0.1, 0.15) is 11.0 Å². The van der Waals surface area contributed by atoms with Crippen molar-refractivity contribution in [2.75, 3.05) is 5.32 Å². The average molecular weight is 271 g/mol. The third-order valence-electron chi connectivity index (χ3n) is 3.03. The Balaban J connectivity index is 2.31. The number of nitrogens with one attached hydrogen (secondary N) is 1. The molecule has 4 nitrogen and oxygen atoms in total. The molecule has 0 fully saturated rings. The number of fused-ring (bicyclic) bond motifs is 3. The van der Waals surface area contributed by atoms with Gasteiger partial charge < -0.3 is 14.2 Å². The molecular weight excluding hydrogens is 254 g/mol. The molecule has 3 rings (SSSR count). The Morgan fingerprint density at radius 3 is 2.50 bits per heavy atom. The summed E-state index contributed by atoms with van der Waals surface area (Å²) in [5, 5.41) is 4.52. The molecule has 1 aromatic carbocycles. The summed E-state index contributed by atoms with van der Waals surface area (Å²) in [5.74, 6) is 0.578. The minimum absolute atomic E-state index is 0.139. The van der Waals surface area contributed by atoms with Gasteiger partial charge in [-0.3, -0.25) is 0 Å². The maximum atomic E-state index is 12.0. The van der Waals surface area contributed by atoms with Crippen LogP contribution in [0.4, 0.5) is 5.88 Å². The minimum atomic E-state index is -0.373. The molecule has 0 saturated carbocycles. The fourth-order valence-corrected chi connectivity index (χ4v) is 2.24. The van der Waals surface area contributed by atoms with Crippen LogP contribution in [0.3, 0.4) is 0 Å². The van der Waals surface area contributed by atoms with Crippen molar-refractivity contribution in [3.05, 3.63) is 40.2 Å². The van der Waals surface area contributed by atoms with Gasteiger partial charge >= 0.3 is 5.63 Å². The van der Waals surface area contributed by atoms with Gasteiger partial charge in [0.2, 0.25) is 0 Å². The summed E-state index contributed by atoms with van der Waals surface area (Å²) in [6.07, 6.45) is 0. The van der Waals surface area contributed by atoms with E-state index in [2.05, 4.69) is 5.32 Å². The van der Waals surface area contributed by atoms with Gasteiger partial charge in [0.15, 0.2) is 11.5 Å². The highest BCUT2D eigenvalue weighted by Gasteiger charge is 2.17. The first-order chi connectivity index (χ1) is 9.33. The lowest BCUT2D eigenvalue weighted by atomic mass is 10.1. The van der Waals surface area contributed by atoms with Crippen LogP contribution < -0.4 is 10.9 Å². The zero-order valence-electron chi connectivity index (χ0n) is 12.0. The molecule has 0 aliphatic rings. The predicted octanol–water partition coefficient (Wildman–Crippen LogP) is 4.06. The Bertz CT molecular complexity index is 850. The Morgan fingerprint density at radius 1 is 1.05 bits per heavy atom. The topological polar surface area (TPSA) is 55.4 Å². The van der Waals surface area contributed by atoms with Gasteiger partial charge in [-0.05, 0) is 39.8 Å². The van der Waals surface area contributed by atoms with Crippen molar-refractivity contribution >= 4 is 27.8 Å². The molecule has 0 aliphatic heterocycles. The lowest BCUT2D eigenvalue weighted by molar-refractivity contribution is 0.557. The van der Waals surface area contributed by atoms with Crippen LogP contribution in [0, 0.1) is 6.92 Å². The zero-order chi connectivity index (χ0) is 14.5. The second-order valence-corrected chi connectivity index (χ2v) is 6.12. The molecule has 0 radical (unpaired) electrons. The first kappa shape index (κ1) is 12.8. The van der Waals surface area contributed by atoms with Crippen LogP contribution >= 0.6 is 0 Å². The molecular formula is C16H17NO3. The third kappa shape index (κ3) is 2.18. The van der Waals surface area contributed by atoms with Gasteiger partial charge in [-0.25, -0.2) is 4.79 Å². The van der Waals surface area contributed by atoms with E-state index in [1.807, 2.05) is 39.8 Å². The summed E-state index contributed by atoms with van der Waals surface area (Å²) >= 11 is 0. The zero-order valence-corrected chi connectivity index (χ0v) is 12.0. The van der Waals surface area contributed by atoms with Crippen molar-refractivity contribution in [1.82, 2.24) is 0 Å². The Kier molecular flexibility index (Phi) is 2.64. The minimum Gasteiger partial charge on any atom is -0.440 e. The molecule has 0 bridgehead atoms. The van der Waals surface area contributed by atoms with Gasteiger partial charge in [-0.2, -0.15) is 0 Å². The van der Waals surface area contributed by atoms with Crippen LogP contribution in [0.5, 0.6) is 0 Å². The number of furan rings is 1. The van der Waals surface area contributed by atoms with Crippen molar-refractivity contribution < 1.29 is 8.83 Å². The number of benzene rings is 1. The maximum Gasteiger partial charge on any atom is 0.347 e. The average Bonchev–Trinajstić information content (AvgIpc) is 2.72. The highest BCUT2D eigenvalue weighted by Crippen LogP contribution is 2.29. The van der Waals surface area contributed by atoms with E-state index < -0.39 is 0 Å². The monoisotopic (exact) mass is 271 g/mol. The normalized spacial score (nSPS) is 12.2. The van der Waals surface area contributed by atoms with Gasteiger partial charge in [0.05, 0.1) is 5.39 Å². The van der Waals surface area contributed by atoms with Crippen LogP contribution in [0.25, 0.3) is 21.9 Å². The molecule has 0 aliphatic carbocycles. The smallest absolute Gasteiger partial charge is 0.347 e. The standard InChI is InChI=1S/C16H17NO3/c1-9-5-6-12-10(7-9)14-11(15(18)19-12)8-13(20-14)17-16(2,3)4/h5-8,17H,1-4H3. The third-order valence-corrected chi connectivity index (χ3v) is 3.03. The number of anilines is 1. The molecule has 2 aromatic heterocycles. The van der Waals surface area contributed by atoms with E-state index in [1.54, 1.807) is 12.1 Å². The molecule has 1 N–H and O–H groups in total. The summed E-state index contributed by atoms with van der Waals surface area (Å²) in [6, 6.07) is 7.37. The fraction of sp³-hybridized carbons (Fsp3) is 0.312. The molecule has 0 spiro atoms. The summed E-state index contributed by atoms with van der Waals surface area (Å²) in [7, 11) is 0. The van der Waals surface area contributed by atoms with Gasteiger partial charge in [-0.15, -0.1) is 0 Å². The maximum absolute atomic E-state index is 12.0. The van der Waals surface area contributed by atoms with E-state index in [-0.39, 0.29) is 11.2 Å². The molecule has 4 heteroatoms. The molecule has 104 valence electrons. The van der Waals surface area contributed by atoms with E-state index >= 15 is 0 Å². The highest BCUT2D eigenvalue weighted by molar-refractivity contribution is 6.01. The summed E-state index contributed by atoms with van der Waals surface area (Å²) < 4.78 is 11.2. The predicted molar refractivity (Wildman–Crippen MR) is 80.4 cm³/mol. The molecule has 2 heterocycles. The van der Waals surface area contributed by atoms with E-state index in [0.29, 0.717) is 22.4 Å². The summed E-state index contributed by atoms with van der Waals surface area (Å²) in [6.45, 7) is 8.09. The molecule has 0 saturated heterocycles. The molecule has 3 aromatic rings. The van der Waals surface area contributed by atoms with Crippen LogP contribution in [-0.4, -0.2) is 5.54 Å². The molecule has 0 unspecified atom stereocenters. The number of aryl methyl sites for hydroxylation is 1. The van der Waals surface area contributed by atoms with Crippen molar-refractivity contribution in [3.63, 3.8) is 0 Å². The van der Waals surface area contributed by atoms with E-state index in [9.17, 15) is 4.79 Å². The lowest BCUT2D eigenvalue weighted by Gasteiger charge is -2.19. The number of hydrogen-bond donors (Lipinski definition) is 1. The van der Waals surface area contributed by atoms with Gasteiger partial charge in [0.25, 0.3) is 0 Å². The molecule has 20 heavy (non-hydrogen) atoms. The summed E-state index contributed by atoms with van der Waals surface area (Å²) in [5.41, 5.74) is 1.70. The Morgan fingerprint density at radius 2 is 1.80 bits per heavy atom. The van der Waals surface area contributed by atoms with Crippen molar-refractivity contribution in [2.45, 2.75) is 33.2 Å². The largest absolute Gasteiger partial charge is 0.440 e. The Labute approximate surface area is 116 Å². The second-order valence-electron chi connectivity index (χ2n) is 6.12. The van der Waals surface area contributed by atoms with Gasteiger partial charge in [-0.1, -0.05) is 11.6 Å².